The molecule has 0 saturated carbocycles. The molecule has 1 atom stereocenters. The summed E-state index contributed by atoms with van der Waals surface area (Å²) in [6.07, 6.45) is 3.48. The second-order valence-corrected chi connectivity index (χ2v) is 4.34. The van der Waals surface area contributed by atoms with Crippen molar-refractivity contribution in [1.82, 2.24) is 9.88 Å². The minimum atomic E-state index is -0.389. The van der Waals surface area contributed by atoms with Gasteiger partial charge in [-0.2, -0.15) is 0 Å². The molecule has 15 heavy (non-hydrogen) atoms. The smallest absolute Gasteiger partial charge is 0.0988 e. The van der Waals surface area contributed by atoms with Crippen molar-refractivity contribution in [3.63, 3.8) is 0 Å². The zero-order chi connectivity index (χ0) is 10.7. The number of aromatic nitrogens is 1. The van der Waals surface area contributed by atoms with Gasteiger partial charge in [-0.15, -0.1) is 0 Å². The molecule has 1 N–H and O–H groups in total. The van der Waals surface area contributed by atoms with E-state index in [9.17, 15) is 5.11 Å². The molecular formula is C12H18N2O. The molecule has 1 saturated heterocycles. The van der Waals surface area contributed by atoms with Gasteiger partial charge in [0, 0.05) is 6.20 Å². The Bertz CT molecular complexity index is 294. The molecule has 0 spiro atoms. The standard InChI is InChI=1S/C12H18N2O/c1-14-8-5-10(6-9-14)12(15)11-4-2-3-7-13-11/h2-4,7,10,12,15H,5-6,8-9H2,1H3. The summed E-state index contributed by atoms with van der Waals surface area (Å²) in [7, 11) is 2.13. The lowest BCUT2D eigenvalue weighted by molar-refractivity contribution is 0.0627. The van der Waals surface area contributed by atoms with Crippen LogP contribution in [-0.4, -0.2) is 35.1 Å². The van der Waals surface area contributed by atoms with Gasteiger partial charge in [0.15, 0.2) is 0 Å². The Balaban J connectivity index is 1.99. The molecule has 1 fully saturated rings. The monoisotopic (exact) mass is 206 g/mol. The maximum atomic E-state index is 10.2. The second-order valence-electron chi connectivity index (χ2n) is 4.34. The summed E-state index contributed by atoms with van der Waals surface area (Å²) in [6, 6.07) is 5.72. The Morgan fingerprint density at radius 1 is 1.40 bits per heavy atom. The Hall–Kier alpha value is -0.930. The van der Waals surface area contributed by atoms with Crippen molar-refractivity contribution in [2.75, 3.05) is 20.1 Å². The highest BCUT2D eigenvalue weighted by molar-refractivity contribution is 5.07. The molecular weight excluding hydrogens is 188 g/mol. The van der Waals surface area contributed by atoms with E-state index in [2.05, 4.69) is 16.9 Å². The molecule has 1 unspecified atom stereocenters. The molecule has 0 aromatic carbocycles. The first kappa shape index (κ1) is 10.6. The highest BCUT2D eigenvalue weighted by Gasteiger charge is 2.25. The van der Waals surface area contributed by atoms with Crippen LogP contribution in [0.2, 0.25) is 0 Å². The van der Waals surface area contributed by atoms with Gasteiger partial charge in [-0.05, 0) is 51.0 Å². The molecule has 82 valence electrons. The molecule has 1 aromatic rings. The van der Waals surface area contributed by atoms with Crippen LogP contribution in [0.1, 0.15) is 24.6 Å². The number of pyridine rings is 1. The number of aliphatic hydroxyl groups is 1. The molecule has 1 aromatic heterocycles. The van der Waals surface area contributed by atoms with Crippen LogP contribution in [0, 0.1) is 5.92 Å². The van der Waals surface area contributed by atoms with Crippen molar-refractivity contribution in [1.29, 1.82) is 0 Å². The van der Waals surface area contributed by atoms with E-state index in [0.717, 1.165) is 31.6 Å². The van der Waals surface area contributed by atoms with E-state index in [0.29, 0.717) is 5.92 Å². The number of piperidine rings is 1. The SMILES string of the molecule is CN1CCC(C(O)c2ccccn2)CC1. The summed E-state index contributed by atoms with van der Waals surface area (Å²) >= 11 is 0. The largest absolute Gasteiger partial charge is 0.387 e. The summed E-state index contributed by atoms with van der Waals surface area (Å²) in [5.74, 6) is 0.371. The lowest BCUT2D eigenvalue weighted by Crippen LogP contribution is -2.32. The van der Waals surface area contributed by atoms with Crippen LogP contribution in [0.15, 0.2) is 24.4 Å². The van der Waals surface area contributed by atoms with E-state index in [1.807, 2.05) is 18.2 Å². The lowest BCUT2D eigenvalue weighted by Gasteiger charge is -2.31. The molecule has 0 amide bonds. The van der Waals surface area contributed by atoms with Crippen LogP contribution in [0.3, 0.4) is 0 Å². The minimum Gasteiger partial charge on any atom is -0.387 e. The average molecular weight is 206 g/mol. The molecule has 2 heterocycles. The summed E-state index contributed by atoms with van der Waals surface area (Å²) < 4.78 is 0. The quantitative estimate of drug-likeness (QED) is 0.795. The Kier molecular flexibility index (Phi) is 3.34. The third kappa shape index (κ3) is 2.55. The van der Waals surface area contributed by atoms with E-state index in [1.165, 1.54) is 0 Å². The minimum absolute atomic E-state index is 0.371. The molecule has 0 bridgehead atoms. The summed E-state index contributed by atoms with van der Waals surface area (Å²) in [6.45, 7) is 2.16. The number of hydrogen-bond acceptors (Lipinski definition) is 3. The zero-order valence-electron chi connectivity index (χ0n) is 9.13. The molecule has 0 aliphatic carbocycles. The van der Waals surface area contributed by atoms with Crippen molar-refractivity contribution in [3.8, 4) is 0 Å². The van der Waals surface area contributed by atoms with Crippen LogP contribution in [0.25, 0.3) is 0 Å². The van der Waals surface area contributed by atoms with Gasteiger partial charge in [-0.1, -0.05) is 6.07 Å². The third-order valence-electron chi connectivity index (χ3n) is 3.20. The van der Waals surface area contributed by atoms with Crippen molar-refractivity contribution in [3.05, 3.63) is 30.1 Å². The van der Waals surface area contributed by atoms with Crippen molar-refractivity contribution < 1.29 is 5.11 Å². The van der Waals surface area contributed by atoms with Gasteiger partial charge < -0.3 is 10.0 Å². The van der Waals surface area contributed by atoms with E-state index in [4.69, 9.17) is 0 Å². The number of rotatable bonds is 2. The highest BCUT2D eigenvalue weighted by atomic mass is 16.3. The van der Waals surface area contributed by atoms with Crippen LogP contribution < -0.4 is 0 Å². The number of nitrogens with zero attached hydrogens (tertiary/aromatic N) is 2. The van der Waals surface area contributed by atoms with Gasteiger partial charge in [0.05, 0.1) is 11.8 Å². The van der Waals surface area contributed by atoms with Crippen LogP contribution in [-0.2, 0) is 0 Å². The number of likely N-dealkylation sites (tertiary alicyclic amines) is 1. The first-order valence-electron chi connectivity index (χ1n) is 5.55. The normalized spacial score (nSPS) is 21.5. The molecule has 3 nitrogen and oxygen atoms in total. The Labute approximate surface area is 90.8 Å². The Morgan fingerprint density at radius 3 is 2.73 bits per heavy atom. The topological polar surface area (TPSA) is 36.4 Å². The molecule has 1 aliphatic heterocycles. The van der Waals surface area contributed by atoms with Crippen LogP contribution in [0.5, 0.6) is 0 Å². The predicted molar refractivity (Wildman–Crippen MR) is 59.4 cm³/mol. The van der Waals surface area contributed by atoms with E-state index < -0.39 is 0 Å². The average Bonchev–Trinajstić information content (AvgIpc) is 2.30. The number of aliphatic hydroxyl groups excluding tert-OH is 1. The van der Waals surface area contributed by atoms with Crippen LogP contribution >= 0.6 is 0 Å². The van der Waals surface area contributed by atoms with Crippen molar-refractivity contribution in [2.45, 2.75) is 18.9 Å². The molecule has 3 heteroatoms. The van der Waals surface area contributed by atoms with Gasteiger partial charge >= 0.3 is 0 Å². The summed E-state index contributed by atoms with van der Waals surface area (Å²) in [5, 5.41) is 10.2. The maximum absolute atomic E-state index is 10.2. The van der Waals surface area contributed by atoms with Gasteiger partial charge in [0.2, 0.25) is 0 Å². The fourth-order valence-electron chi connectivity index (χ4n) is 2.14. The van der Waals surface area contributed by atoms with Gasteiger partial charge in [0.1, 0.15) is 0 Å². The summed E-state index contributed by atoms with van der Waals surface area (Å²) in [4.78, 5) is 6.52. The fourth-order valence-corrected chi connectivity index (χ4v) is 2.14. The molecule has 1 aliphatic rings. The molecule has 0 radical (unpaired) electrons. The summed E-state index contributed by atoms with van der Waals surface area (Å²) in [5.41, 5.74) is 0.812. The van der Waals surface area contributed by atoms with E-state index >= 15 is 0 Å². The highest BCUT2D eigenvalue weighted by Crippen LogP contribution is 2.28. The lowest BCUT2D eigenvalue weighted by atomic mass is 9.89. The number of hydrogen-bond donors (Lipinski definition) is 1. The first-order valence-corrected chi connectivity index (χ1v) is 5.55. The van der Waals surface area contributed by atoms with Gasteiger partial charge in [-0.3, -0.25) is 4.98 Å². The maximum Gasteiger partial charge on any atom is 0.0988 e. The molecule has 2 rings (SSSR count). The third-order valence-corrected chi connectivity index (χ3v) is 3.20. The van der Waals surface area contributed by atoms with E-state index in [1.54, 1.807) is 6.20 Å². The zero-order valence-corrected chi connectivity index (χ0v) is 9.13. The van der Waals surface area contributed by atoms with Crippen LogP contribution in [0.4, 0.5) is 0 Å². The predicted octanol–water partition coefficient (Wildman–Crippen LogP) is 1.46. The van der Waals surface area contributed by atoms with Gasteiger partial charge in [0.25, 0.3) is 0 Å². The first-order chi connectivity index (χ1) is 7.27. The van der Waals surface area contributed by atoms with Crippen molar-refractivity contribution in [2.24, 2.45) is 5.92 Å². The second kappa shape index (κ2) is 4.73. The fraction of sp³-hybridized carbons (Fsp3) is 0.583. The van der Waals surface area contributed by atoms with Crippen molar-refractivity contribution >= 4 is 0 Å². The van der Waals surface area contributed by atoms with E-state index in [-0.39, 0.29) is 6.10 Å². The Morgan fingerprint density at radius 2 is 2.13 bits per heavy atom. The van der Waals surface area contributed by atoms with Gasteiger partial charge in [-0.25, -0.2) is 0 Å².